The van der Waals surface area contributed by atoms with Crippen LogP contribution in [0, 0.1) is 5.92 Å². The average molecular weight is 344 g/mol. The Hall–Kier alpha value is -1.76. The second-order valence-electron chi connectivity index (χ2n) is 6.91. The van der Waals surface area contributed by atoms with Crippen molar-refractivity contribution in [2.24, 2.45) is 5.92 Å². The summed E-state index contributed by atoms with van der Waals surface area (Å²) in [6.07, 6.45) is 1.96. The highest BCUT2D eigenvalue weighted by Gasteiger charge is 2.23. The second-order valence-corrected chi connectivity index (χ2v) is 6.91. The fourth-order valence-electron chi connectivity index (χ4n) is 3.43. The van der Waals surface area contributed by atoms with Crippen molar-refractivity contribution in [3.05, 3.63) is 47.6 Å². The van der Waals surface area contributed by atoms with Gasteiger partial charge in [0.1, 0.15) is 0 Å². The lowest BCUT2D eigenvalue weighted by molar-refractivity contribution is 0.156. The highest BCUT2D eigenvalue weighted by Crippen LogP contribution is 2.17. The van der Waals surface area contributed by atoms with Gasteiger partial charge in [-0.1, -0.05) is 35.5 Å². The van der Waals surface area contributed by atoms with E-state index in [4.69, 9.17) is 9.26 Å². The molecular formula is C19H28N4O2. The first-order chi connectivity index (χ1) is 12.2. The summed E-state index contributed by atoms with van der Waals surface area (Å²) in [7, 11) is 3.89. The summed E-state index contributed by atoms with van der Waals surface area (Å²) in [6, 6.07) is 10.2. The Morgan fingerprint density at radius 2 is 2.16 bits per heavy atom. The van der Waals surface area contributed by atoms with Gasteiger partial charge in [-0.15, -0.1) is 0 Å². The molecule has 1 aromatic heterocycles. The lowest BCUT2D eigenvalue weighted by atomic mass is 10.1. The van der Waals surface area contributed by atoms with Crippen molar-refractivity contribution in [1.29, 1.82) is 0 Å². The van der Waals surface area contributed by atoms with Crippen molar-refractivity contribution in [3.8, 4) is 0 Å². The quantitative estimate of drug-likeness (QED) is 0.694. The van der Waals surface area contributed by atoms with Crippen LogP contribution in [0.2, 0.25) is 0 Å². The molecule has 6 nitrogen and oxygen atoms in total. The maximum atomic E-state index is 5.42. The van der Waals surface area contributed by atoms with E-state index >= 15 is 0 Å². The molecular weight excluding hydrogens is 316 g/mol. The number of ether oxygens (including phenoxy) is 1. The van der Waals surface area contributed by atoms with Gasteiger partial charge in [0, 0.05) is 33.2 Å². The molecule has 0 N–H and O–H groups in total. The molecule has 2 heterocycles. The summed E-state index contributed by atoms with van der Waals surface area (Å²) in [4.78, 5) is 9.29. The van der Waals surface area contributed by atoms with E-state index in [2.05, 4.69) is 39.1 Å². The molecule has 3 rings (SSSR count). The molecule has 1 saturated heterocycles. The lowest BCUT2D eigenvalue weighted by Crippen LogP contribution is -2.29. The van der Waals surface area contributed by atoms with E-state index in [-0.39, 0.29) is 0 Å². The van der Waals surface area contributed by atoms with Crippen molar-refractivity contribution in [1.82, 2.24) is 19.9 Å². The third-order valence-electron chi connectivity index (χ3n) is 4.67. The Balaban J connectivity index is 1.43. The number of benzene rings is 1. The molecule has 0 saturated carbocycles. The van der Waals surface area contributed by atoms with Crippen LogP contribution in [0.25, 0.3) is 0 Å². The Morgan fingerprint density at radius 3 is 2.96 bits per heavy atom. The molecule has 0 bridgehead atoms. The van der Waals surface area contributed by atoms with E-state index in [0.29, 0.717) is 24.8 Å². The molecule has 136 valence electrons. The van der Waals surface area contributed by atoms with Crippen molar-refractivity contribution < 1.29 is 9.26 Å². The van der Waals surface area contributed by atoms with E-state index in [1.807, 2.05) is 18.2 Å². The molecule has 1 aromatic carbocycles. The molecule has 1 atom stereocenters. The monoisotopic (exact) mass is 344 g/mol. The zero-order valence-electron chi connectivity index (χ0n) is 15.2. The molecule has 1 aliphatic rings. The molecule has 2 aromatic rings. The van der Waals surface area contributed by atoms with Gasteiger partial charge in [-0.25, -0.2) is 0 Å². The third kappa shape index (κ3) is 5.63. The van der Waals surface area contributed by atoms with Crippen LogP contribution in [0.4, 0.5) is 0 Å². The van der Waals surface area contributed by atoms with Crippen LogP contribution in [0.5, 0.6) is 0 Å². The Bertz CT molecular complexity index is 631. The predicted molar refractivity (Wildman–Crippen MR) is 96.3 cm³/mol. The van der Waals surface area contributed by atoms with Crippen LogP contribution in [-0.4, -0.2) is 66.9 Å². The van der Waals surface area contributed by atoms with Crippen LogP contribution < -0.4 is 0 Å². The first-order valence-corrected chi connectivity index (χ1v) is 8.98. The zero-order chi connectivity index (χ0) is 17.5. The van der Waals surface area contributed by atoms with Crippen molar-refractivity contribution in [2.45, 2.75) is 19.4 Å². The fourth-order valence-corrected chi connectivity index (χ4v) is 3.43. The van der Waals surface area contributed by atoms with E-state index in [0.717, 1.165) is 32.1 Å². The number of likely N-dealkylation sites (tertiary alicyclic amines) is 1. The largest absolute Gasteiger partial charge is 0.383 e. The van der Waals surface area contributed by atoms with E-state index in [1.165, 1.54) is 18.5 Å². The number of hydrogen-bond acceptors (Lipinski definition) is 6. The standard InChI is InChI=1S/C19H28N4O2/c1-22(13-17-8-9-23(14-17)10-11-24-2)15-19-20-18(21-25-19)12-16-6-4-3-5-7-16/h3-7,17H,8-15H2,1-2H3/t17-/m0/s1. The molecule has 25 heavy (non-hydrogen) atoms. The van der Waals surface area contributed by atoms with Crippen molar-refractivity contribution in [2.75, 3.05) is 46.9 Å². The van der Waals surface area contributed by atoms with Gasteiger partial charge in [0.2, 0.25) is 5.89 Å². The number of aromatic nitrogens is 2. The summed E-state index contributed by atoms with van der Waals surface area (Å²) in [5, 5.41) is 4.11. The molecule has 0 aliphatic carbocycles. The van der Waals surface area contributed by atoms with Gasteiger partial charge in [0.15, 0.2) is 5.82 Å². The first kappa shape index (κ1) is 18.0. The summed E-state index contributed by atoms with van der Waals surface area (Å²) in [5.41, 5.74) is 1.20. The van der Waals surface area contributed by atoms with Gasteiger partial charge < -0.3 is 14.2 Å². The van der Waals surface area contributed by atoms with E-state index < -0.39 is 0 Å². The molecule has 0 amide bonds. The smallest absolute Gasteiger partial charge is 0.240 e. The van der Waals surface area contributed by atoms with Gasteiger partial charge in [-0.05, 0) is 31.5 Å². The van der Waals surface area contributed by atoms with Crippen LogP contribution >= 0.6 is 0 Å². The van der Waals surface area contributed by atoms with Crippen LogP contribution in [0.1, 0.15) is 23.7 Å². The number of hydrogen-bond donors (Lipinski definition) is 0. The first-order valence-electron chi connectivity index (χ1n) is 8.98. The highest BCUT2D eigenvalue weighted by atomic mass is 16.5. The minimum Gasteiger partial charge on any atom is -0.383 e. The molecule has 0 spiro atoms. The zero-order valence-corrected chi connectivity index (χ0v) is 15.2. The molecule has 6 heteroatoms. The normalized spacial score (nSPS) is 18.3. The van der Waals surface area contributed by atoms with Gasteiger partial charge in [0.05, 0.1) is 13.2 Å². The lowest BCUT2D eigenvalue weighted by Gasteiger charge is -2.20. The predicted octanol–water partition coefficient (Wildman–Crippen LogP) is 2.06. The van der Waals surface area contributed by atoms with Gasteiger partial charge in [-0.3, -0.25) is 4.90 Å². The van der Waals surface area contributed by atoms with Crippen LogP contribution in [0.3, 0.4) is 0 Å². The van der Waals surface area contributed by atoms with Crippen LogP contribution in [0.15, 0.2) is 34.9 Å². The van der Waals surface area contributed by atoms with Crippen molar-refractivity contribution in [3.63, 3.8) is 0 Å². The number of nitrogens with zero attached hydrogens (tertiary/aromatic N) is 4. The molecule has 0 radical (unpaired) electrons. The second kappa shape index (κ2) is 9.08. The topological polar surface area (TPSA) is 54.6 Å². The summed E-state index contributed by atoms with van der Waals surface area (Å²) in [5.74, 6) is 2.15. The minimum absolute atomic E-state index is 0.697. The third-order valence-corrected chi connectivity index (χ3v) is 4.67. The maximum Gasteiger partial charge on any atom is 0.240 e. The number of rotatable bonds is 9. The molecule has 0 unspecified atom stereocenters. The van der Waals surface area contributed by atoms with E-state index in [1.54, 1.807) is 7.11 Å². The van der Waals surface area contributed by atoms with Gasteiger partial charge >= 0.3 is 0 Å². The Morgan fingerprint density at radius 1 is 1.32 bits per heavy atom. The minimum atomic E-state index is 0.697. The fraction of sp³-hybridized carbons (Fsp3) is 0.579. The van der Waals surface area contributed by atoms with Crippen LogP contribution in [-0.2, 0) is 17.7 Å². The summed E-state index contributed by atoms with van der Waals surface area (Å²) >= 11 is 0. The molecule has 1 fully saturated rings. The summed E-state index contributed by atoms with van der Waals surface area (Å²) in [6.45, 7) is 5.93. The summed E-state index contributed by atoms with van der Waals surface area (Å²) < 4.78 is 10.6. The number of methoxy groups -OCH3 is 1. The average Bonchev–Trinajstić information content (AvgIpc) is 3.23. The highest BCUT2D eigenvalue weighted by molar-refractivity contribution is 5.18. The van der Waals surface area contributed by atoms with Gasteiger partial charge in [-0.2, -0.15) is 4.98 Å². The van der Waals surface area contributed by atoms with Gasteiger partial charge in [0.25, 0.3) is 0 Å². The maximum absolute atomic E-state index is 5.42. The SMILES string of the molecule is COCCN1CC[C@@H](CN(C)Cc2nc(Cc3ccccc3)no2)C1. The van der Waals surface area contributed by atoms with E-state index in [9.17, 15) is 0 Å². The Kier molecular flexibility index (Phi) is 6.55. The molecule has 1 aliphatic heterocycles. The Labute approximate surface area is 149 Å². The van der Waals surface area contributed by atoms with Crippen molar-refractivity contribution >= 4 is 0 Å².